The fraction of sp³-hybridized carbons (Fsp3) is 0.857. The van der Waals surface area contributed by atoms with E-state index in [1.54, 1.807) is 18.7 Å². The Balaban J connectivity index is 2.12. The molecule has 21 heavy (non-hydrogen) atoms. The second kappa shape index (κ2) is 6.25. The largest absolute Gasteiger partial charge is 0.465 e. The summed E-state index contributed by atoms with van der Waals surface area (Å²) < 4.78 is 36.3. The van der Waals surface area contributed by atoms with E-state index in [-0.39, 0.29) is 26.1 Å². The number of esters is 2. The highest BCUT2D eigenvalue weighted by atomic mass is 19.3. The Labute approximate surface area is 122 Å². The lowest BCUT2D eigenvalue weighted by Gasteiger charge is -2.44. The monoisotopic (exact) mass is 305 g/mol. The average molecular weight is 305 g/mol. The van der Waals surface area contributed by atoms with E-state index in [9.17, 15) is 18.4 Å². The SMILES string of the molecule is CCOC(=O)C1CCC(C(=O)OCC)N1C1CC(F)(F)C1. The predicted molar refractivity (Wildman–Crippen MR) is 69.9 cm³/mol. The Morgan fingerprint density at radius 1 is 1.05 bits per heavy atom. The molecule has 1 heterocycles. The maximum absolute atomic E-state index is 13.1. The van der Waals surface area contributed by atoms with Crippen molar-refractivity contribution in [2.45, 2.75) is 63.6 Å². The van der Waals surface area contributed by atoms with Crippen LogP contribution in [-0.2, 0) is 19.1 Å². The van der Waals surface area contributed by atoms with Crippen LogP contribution in [-0.4, -0.2) is 54.1 Å². The van der Waals surface area contributed by atoms with Crippen LogP contribution < -0.4 is 0 Å². The third-order valence-corrected chi connectivity index (χ3v) is 4.04. The van der Waals surface area contributed by atoms with E-state index in [4.69, 9.17) is 9.47 Å². The number of hydrogen-bond acceptors (Lipinski definition) is 5. The van der Waals surface area contributed by atoms with Gasteiger partial charge in [0, 0.05) is 18.9 Å². The number of hydrogen-bond donors (Lipinski definition) is 0. The molecule has 2 rings (SSSR count). The van der Waals surface area contributed by atoms with E-state index in [0.29, 0.717) is 12.8 Å². The highest BCUT2D eigenvalue weighted by Crippen LogP contribution is 2.44. The molecule has 0 bridgehead atoms. The van der Waals surface area contributed by atoms with Gasteiger partial charge in [-0.3, -0.25) is 14.5 Å². The number of likely N-dealkylation sites (tertiary alicyclic amines) is 1. The zero-order chi connectivity index (χ0) is 15.6. The standard InChI is InChI=1S/C14H21F2NO4/c1-3-20-12(18)10-5-6-11(13(19)21-4-2)17(10)9-7-14(15,16)8-9/h9-11H,3-8H2,1-2H3. The van der Waals surface area contributed by atoms with Gasteiger partial charge >= 0.3 is 11.9 Å². The number of rotatable bonds is 5. The Morgan fingerprint density at radius 3 is 1.81 bits per heavy atom. The number of nitrogens with zero attached hydrogens (tertiary/aromatic N) is 1. The second-order valence-corrected chi connectivity index (χ2v) is 5.48. The maximum Gasteiger partial charge on any atom is 0.323 e. The molecule has 0 aromatic rings. The van der Waals surface area contributed by atoms with Gasteiger partial charge < -0.3 is 9.47 Å². The van der Waals surface area contributed by atoms with Crippen molar-refractivity contribution >= 4 is 11.9 Å². The molecule has 1 aliphatic carbocycles. The van der Waals surface area contributed by atoms with Crippen LogP contribution in [0, 0.1) is 0 Å². The third kappa shape index (κ3) is 3.33. The molecule has 1 saturated carbocycles. The van der Waals surface area contributed by atoms with Gasteiger partial charge in [-0.2, -0.15) is 0 Å². The third-order valence-electron chi connectivity index (χ3n) is 4.04. The van der Waals surface area contributed by atoms with E-state index >= 15 is 0 Å². The lowest BCUT2D eigenvalue weighted by Crippen LogP contribution is -2.58. The van der Waals surface area contributed by atoms with Crippen LogP contribution >= 0.6 is 0 Å². The van der Waals surface area contributed by atoms with Crippen molar-refractivity contribution in [3.05, 3.63) is 0 Å². The molecule has 0 aromatic carbocycles. The quantitative estimate of drug-likeness (QED) is 0.724. The summed E-state index contributed by atoms with van der Waals surface area (Å²) in [6.07, 6.45) is 0.229. The molecule has 7 heteroatoms. The topological polar surface area (TPSA) is 55.8 Å². The maximum atomic E-state index is 13.1. The van der Waals surface area contributed by atoms with Crippen LogP contribution in [0.5, 0.6) is 0 Å². The van der Waals surface area contributed by atoms with Crippen molar-refractivity contribution in [2.24, 2.45) is 0 Å². The molecular weight excluding hydrogens is 284 g/mol. The fourth-order valence-corrected chi connectivity index (χ4v) is 3.14. The predicted octanol–water partition coefficient (Wildman–Crippen LogP) is 1.74. The zero-order valence-corrected chi connectivity index (χ0v) is 12.3. The van der Waals surface area contributed by atoms with Gasteiger partial charge in [0.2, 0.25) is 0 Å². The lowest BCUT2D eigenvalue weighted by molar-refractivity contribution is -0.169. The van der Waals surface area contributed by atoms with Gasteiger partial charge in [-0.05, 0) is 26.7 Å². The van der Waals surface area contributed by atoms with Gasteiger partial charge in [0.25, 0.3) is 5.92 Å². The summed E-state index contributed by atoms with van der Waals surface area (Å²) in [6.45, 7) is 3.84. The number of alkyl halides is 2. The zero-order valence-electron chi connectivity index (χ0n) is 12.3. The summed E-state index contributed by atoms with van der Waals surface area (Å²) >= 11 is 0. The first-order valence-corrected chi connectivity index (χ1v) is 7.38. The molecule has 2 aliphatic rings. The minimum atomic E-state index is -2.70. The summed E-state index contributed by atoms with van der Waals surface area (Å²) in [4.78, 5) is 25.6. The first kappa shape index (κ1) is 16.1. The Hall–Kier alpha value is -1.24. The summed E-state index contributed by atoms with van der Waals surface area (Å²) in [5, 5.41) is 0. The van der Waals surface area contributed by atoms with Crippen LogP contribution in [0.4, 0.5) is 8.78 Å². The van der Waals surface area contributed by atoms with Crippen LogP contribution in [0.15, 0.2) is 0 Å². The molecule has 0 N–H and O–H groups in total. The summed E-state index contributed by atoms with van der Waals surface area (Å²) in [5.74, 6) is -3.59. The van der Waals surface area contributed by atoms with Crippen LogP contribution in [0.1, 0.15) is 39.5 Å². The van der Waals surface area contributed by atoms with E-state index in [2.05, 4.69) is 0 Å². The molecule has 0 radical (unpaired) electrons. The van der Waals surface area contributed by atoms with E-state index in [1.807, 2.05) is 0 Å². The number of halogens is 2. The van der Waals surface area contributed by atoms with Gasteiger partial charge in [-0.15, -0.1) is 0 Å². The Morgan fingerprint density at radius 2 is 1.48 bits per heavy atom. The Bertz CT molecular complexity index is 382. The van der Waals surface area contributed by atoms with Gasteiger partial charge in [-0.1, -0.05) is 0 Å². The highest BCUT2D eigenvalue weighted by molar-refractivity contribution is 5.81. The first-order chi connectivity index (χ1) is 9.89. The number of carbonyl (C=O) groups excluding carboxylic acids is 2. The second-order valence-electron chi connectivity index (χ2n) is 5.48. The molecule has 2 unspecified atom stereocenters. The van der Waals surface area contributed by atoms with Crippen LogP contribution in [0.2, 0.25) is 0 Å². The highest BCUT2D eigenvalue weighted by Gasteiger charge is 2.55. The van der Waals surface area contributed by atoms with Crippen molar-refractivity contribution in [3.63, 3.8) is 0 Å². The minimum Gasteiger partial charge on any atom is -0.465 e. The van der Waals surface area contributed by atoms with Crippen LogP contribution in [0.3, 0.4) is 0 Å². The molecule has 2 atom stereocenters. The van der Waals surface area contributed by atoms with Gasteiger partial charge in [0.15, 0.2) is 0 Å². The van der Waals surface area contributed by atoms with E-state index in [1.165, 1.54) is 0 Å². The van der Waals surface area contributed by atoms with Crippen molar-refractivity contribution in [1.29, 1.82) is 0 Å². The van der Waals surface area contributed by atoms with Crippen molar-refractivity contribution in [3.8, 4) is 0 Å². The average Bonchev–Trinajstić information content (AvgIpc) is 2.80. The molecule has 0 aromatic heterocycles. The lowest BCUT2D eigenvalue weighted by atomic mass is 9.86. The molecule has 5 nitrogen and oxygen atoms in total. The number of carbonyl (C=O) groups is 2. The van der Waals surface area contributed by atoms with E-state index in [0.717, 1.165) is 0 Å². The molecule has 2 fully saturated rings. The number of ether oxygens (including phenoxy) is 2. The smallest absolute Gasteiger partial charge is 0.323 e. The fourth-order valence-electron chi connectivity index (χ4n) is 3.14. The van der Waals surface area contributed by atoms with Crippen LogP contribution in [0.25, 0.3) is 0 Å². The summed E-state index contributed by atoms with van der Waals surface area (Å²) in [7, 11) is 0. The van der Waals surface area contributed by atoms with Gasteiger partial charge in [0.05, 0.1) is 13.2 Å². The van der Waals surface area contributed by atoms with Crippen molar-refractivity contribution in [1.82, 2.24) is 4.90 Å². The van der Waals surface area contributed by atoms with Gasteiger partial charge in [0.1, 0.15) is 12.1 Å². The van der Waals surface area contributed by atoms with E-state index < -0.39 is 36.0 Å². The molecule has 1 saturated heterocycles. The molecule has 0 spiro atoms. The first-order valence-electron chi connectivity index (χ1n) is 7.38. The molecule has 1 aliphatic heterocycles. The Kier molecular flexibility index (Phi) is 4.81. The van der Waals surface area contributed by atoms with Crippen molar-refractivity contribution in [2.75, 3.05) is 13.2 Å². The molecule has 120 valence electrons. The summed E-state index contributed by atoms with van der Waals surface area (Å²) in [5.41, 5.74) is 0. The normalized spacial score (nSPS) is 29.0. The molecule has 0 amide bonds. The van der Waals surface area contributed by atoms with Crippen molar-refractivity contribution < 1.29 is 27.8 Å². The molecular formula is C14H21F2NO4. The van der Waals surface area contributed by atoms with Gasteiger partial charge in [-0.25, -0.2) is 8.78 Å². The minimum absolute atomic E-state index is 0.230. The summed E-state index contributed by atoms with van der Waals surface area (Å²) in [6, 6.07) is -1.72.